The van der Waals surface area contributed by atoms with Crippen molar-refractivity contribution in [2.45, 2.75) is 45.6 Å². The molecule has 1 aliphatic heterocycles. The third kappa shape index (κ3) is 4.46. The molecule has 0 atom stereocenters. The molecule has 21 heavy (non-hydrogen) atoms. The van der Waals surface area contributed by atoms with Gasteiger partial charge in [-0.05, 0) is 50.4 Å². The highest BCUT2D eigenvalue weighted by Gasteiger charge is 2.20. The molecule has 4 heteroatoms. The third-order valence-electron chi connectivity index (χ3n) is 4.29. The van der Waals surface area contributed by atoms with Gasteiger partial charge >= 0.3 is 0 Å². The molecule has 1 aromatic rings. The molecule has 2 rings (SSSR count). The second-order valence-corrected chi connectivity index (χ2v) is 6.01. The highest BCUT2D eigenvalue weighted by molar-refractivity contribution is 5.95. The maximum absolute atomic E-state index is 12.2. The van der Waals surface area contributed by atoms with Gasteiger partial charge in [0, 0.05) is 30.4 Å². The fourth-order valence-electron chi connectivity index (χ4n) is 2.73. The van der Waals surface area contributed by atoms with Crippen molar-refractivity contribution in [2.75, 3.05) is 25.4 Å². The standard InChI is InChI=1S/C17H27N3O/c1-3-4-9-20-10-7-15(8-11-20)19-17(21)14-6-5-13(2)16(18)12-14/h5-6,12,15H,3-4,7-11,18H2,1-2H3,(H,19,21). The number of unbranched alkanes of at least 4 members (excludes halogenated alkanes) is 1. The Morgan fingerprint density at radius 1 is 1.38 bits per heavy atom. The van der Waals surface area contributed by atoms with Crippen LogP contribution in [0.4, 0.5) is 5.69 Å². The van der Waals surface area contributed by atoms with Crippen molar-refractivity contribution in [3.05, 3.63) is 29.3 Å². The number of nitrogens with one attached hydrogen (secondary N) is 1. The first-order chi connectivity index (χ1) is 10.1. The van der Waals surface area contributed by atoms with Crippen molar-refractivity contribution in [2.24, 2.45) is 0 Å². The topological polar surface area (TPSA) is 58.4 Å². The Morgan fingerprint density at radius 2 is 2.10 bits per heavy atom. The Labute approximate surface area is 127 Å². The Morgan fingerprint density at radius 3 is 2.71 bits per heavy atom. The molecule has 0 aliphatic carbocycles. The predicted molar refractivity (Wildman–Crippen MR) is 87.4 cm³/mol. The van der Waals surface area contributed by atoms with Crippen molar-refractivity contribution in [1.82, 2.24) is 10.2 Å². The normalized spacial score (nSPS) is 16.9. The summed E-state index contributed by atoms with van der Waals surface area (Å²) < 4.78 is 0. The van der Waals surface area contributed by atoms with Crippen molar-refractivity contribution in [3.8, 4) is 0 Å². The summed E-state index contributed by atoms with van der Waals surface area (Å²) in [7, 11) is 0. The smallest absolute Gasteiger partial charge is 0.251 e. The highest BCUT2D eigenvalue weighted by atomic mass is 16.1. The second-order valence-electron chi connectivity index (χ2n) is 6.01. The van der Waals surface area contributed by atoms with Crippen LogP contribution < -0.4 is 11.1 Å². The summed E-state index contributed by atoms with van der Waals surface area (Å²) in [4.78, 5) is 14.7. The molecule has 1 amide bonds. The molecule has 4 nitrogen and oxygen atoms in total. The molecule has 1 saturated heterocycles. The molecule has 116 valence electrons. The lowest BCUT2D eigenvalue weighted by molar-refractivity contribution is 0.0911. The van der Waals surface area contributed by atoms with E-state index in [4.69, 9.17) is 5.73 Å². The van der Waals surface area contributed by atoms with Gasteiger partial charge in [-0.2, -0.15) is 0 Å². The number of carbonyl (C=O) groups is 1. The second kappa shape index (κ2) is 7.46. The zero-order chi connectivity index (χ0) is 15.2. The number of piperidine rings is 1. The summed E-state index contributed by atoms with van der Waals surface area (Å²) in [5.41, 5.74) is 8.22. The number of hydrogen-bond acceptors (Lipinski definition) is 3. The molecule has 1 fully saturated rings. The van der Waals surface area contributed by atoms with Crippen LogP contribution in [0.15, 0.2) is 18.2 Å². The number of carbonyl (C=O) groups excluding carboxylic acids is 1. The molecule has 1 heterocycles. The molecule has 0 unspecified atom stereocenters. The first-order valence-electron chi connectivity index (χ1n) is 7.99. The van der Waals surface area contributed by atoms with Crippen LogP contribution in [0.25, 0.3) is 0 Å². The van der Waals surface area contributed by atoms with E-state index >= 15 is 0 Å². The first-order valence-corrected chi connectivity index (χ1v) is 7.99. The van der Waals surface area contributed by atoms with E-state index in [-0.39, 0.29) is 11.9 Å². The predicted octanol–water partition coefficient (Wildman–Crippen LogP) is 2.57. The number of amides is 1. The number of benzene rings is 1. The molecule has 0 saturated carbocycles. The summed E-state index contributed by atoms with van der Waals surface area (Å²) in [6.45, 7) is 7.52. The monoisotopic (exact) mass is 289 g/mol. The van der Waals surface area contributed by atoms with Crippen LogP contribution in [0.5, 0.6) is 0 Å². The fourth-order valence-corrected chi connectivity index (χ4v) is 2.73. The molecule has 3 N–H and O–H groups in total. The zero-order valence-electron chi connectivity index (χ0n) is 13.2. The quantitative estimate of drug-likeness (QED) is 0.819. The minimum Gasteiger partial charge on any atom is -0.398 e. The number of nitrogens with zero attached hydrogens (tertiary/aromatic N) is 1. The third-order valence-corrected chi connectivity index (χ3v) is 4.29. The van der Waals surface area contributed by atoms with Gasteiger partial charge in [0.15, 0.2) is 0 Å². The average molecular weight is 289 g/mol. The molecule has 0 bridgehead atoms. The lowest BCUT2D eigenvalue weighted by Gasteiger charge is -2.32. The van der Waals surface area contributed by atoms with Crippen LogP contribution in [0, 0.1) is 6.92 Å². The fraction of sp³-hybridized carbons (Fsp3) is 0.588. The number of nitrogens with two attached hydrogens (primary N) is 1. The van der Waals surface area contributed by atoms with Gasteiger partial charge in [-0.15, -0.1) is 0 Å². The van der Waals surface area contributed by atoms with Crippen LogP contribution >= 0.6 is 0 Å². The highest BCUT2D eigenvalue weighted by Crippen LogP contribution is 2.15. The maximum Gasteiger partial charge on any atom is 0.251 e. The van der Waals surface area contributed by atoms with Gasteiger partial charge in [-0.25, -0.2) is 0 Å². The number of hydrogen-bond donors (Lipinski definition) is 2. The van der Waals surface area contributed by atoms with Crippen LogP contribution in [0.1, 0.15) is 48.5 Å². The number of anilines is 1. The molecule has 0 spiro atoms. The Balaban J connectivity index is 1.82. The summed E-state index contributed by atoms with van der Waals surface area (Å²) >= 11 is 0. The minimum absolute atomic E-state index is 0.00583. The largest absolute Gasteiger partial charge is 0.398 e. The minimum atomic E-state index is -0.00583. The summed E-state index contributed by atoms with van der Waals surface area (Å²) in [6, 6.07) is 5.80. The molecular formula is C17H27N3O. The van der Waals surface area contributed by atoms with Gasteiger partial charge < -0.3 is 16.0 Å². The Hall–Kier alpha value is -1.55. The van der Waals surface area contributed by atoms with E-state index in [9.17, 15) is 4.79 Å². The van der Waals surface area contributed by atoms with Gasteiger partial charge in [0.1, 0.15) is 0 Å². The van der Waals surface area contributed by atoms with Crippen LogP contribution in [-0.4, -0.2) is 36.5 Å². The van der Waals surface area contributed by atoms with Crippen LogP contribution in [0.2, 0.25) is 0 Å². The van der Waals surface area contributed by atoms with E-state index in [1.165, 1.54) is 19.4 Å². The van der Waals surface area contributed by atoms with Crippen molar-refractivity contribution in [3.63, 3.8) is 0 Å². The van der Waals surface area contributed by atoms with Crippen LogP contribution in [-0.2, 0) is 0 Å². The summed E-state index contributed by atoms with van der Waals surface area (Å²) in [5.74, 6) is -0.00583. The van der Waals surface area contributed by atoms with Crippen molar-refractivity contribution in [1.29, 1.82) is 0 Å². The molecule has 0 aromatic heterocycles. The van der Waals surface area contributed by atoms with Crippen molar-refractivity contribution >= 4 is 11.6 Å². The van der Waals surface area contributed by atoms with Gasteiger partial charge in [0.25, 0.3) is 5.91 Å². The molecular weight excluding hydrogens is 262 g/mol. The van der Waals surface area contributed by atoms with E-state index in [1.54, 1.807) is 6.07 Å². The molecule has 1 aliphatic rings. The number of nitrogen functional groups attached to an aromatic ring is 1. The Kier molecular flexibility index (Phi) is 5.62. The number of aryl methyl sites for hydroxylation is 1. The Bertz CT molecular complexity index is 479. The van der Waals surface area contributed by atoms with Gasteiger partial charge in [0.2, 0.25) is 0 Å². The van der Waals surface area contributed by atoms with E-state index in [2.05, 4.69) is 17.1 Å². The van der Waals surface area contributed by atoms with Crippen molar-refractivity contribution < 1.29 is 4.79 Å². The average Bonchev–Trinajstić information content (AvgIpc) is 2.49. The zero-order valence-corrected chi connectivity index (χ0v) is 13.2. The summed E-state index contributed by atoms with van der Waals surface area (Å²) in [5, 5.41) is 3.14. The number of likely N-dealkylation sites (tertiary alicyclic amines) is 1. The van der Waals surface area contributed by atoms with Crippen LogP contribution in [0.3, 0.4) is 0 Å². The van der Waals surface area contributed by atoms with Gasteiger partial charge in [-0.1, -0.05) is 19.4 Å². The van der Waals surface area contributed by atoms with E-state index < -0.39 is 0 Å². The molecule has 0 radical (unpaired) electrons. The first kappa shape index (κ1) is 15.8. The maximum atomic E-state index is 12.2. The number of rotatable bonds is 5. The van der Waals surface area contributed by atoms with Gasteiger partial charge in [0.05, 0.1) is 0 Å². The molecule has 1 aromatic carbocycles. The summed E-state index contributed by atoms with van der Waals surface area (Å²) in [6.07, 6.45) is 4.58. The SMILES string of the molecule is CCCCN1CCC(NC(=O)c2ccc(C)c(N)c2)CC1. The van der Waals surface area contributed by atoms with Gasteiger partial charge in [-0.3, -0.25) is 4.79 Å². The lowest BCUT2D eigenvalue weighted by atomic mass is 10.0. The lowest BCUT2D eigenvalue weighted by Crippen LogP contribution is -2.44. The van der Waals surface area contributed by atoms with E-state index in [0.29, 0.717) is 11.3 Å². The van der Waals surface area contributed by atoms with E-state index in [1.807, 2.05) is 19.1 Å². The van der Waals surface area contributed by atoms with E-state index in [0.717, 1.165) is 31.5 Å².